The smallest absolute Gasteiger partial charge is 0.0656 e. The van der Waals surface area contributed by atoms with Crippen LogP contribution in [0, 0.1) is 22.7 Å². The van der Waals surface area contributed by atoms with Gasteiger partial charge in [0.15, 0.2) is 0 Å². The third-order valence-electron chi connectivity index (χ3n) is 3.58. The molecular formula is C12H20N2O. The minimum Gasteiger partial charge on any atom is -0.380 e. The van der Waals surface area contributed by atoms with Gasteiger partial charge in [-0.15, -0.1) is 0 Å². The quantitative estimate of drug-likeness (QED) is 0.767. The predicted molar refractivity (Wildman–Crippen MR) is 58.3 cm³/mol. The Bertz CT molecular complexity index is 255. The van der Waals surface area contributed by atoms with Crippen LogP contribution in [-0.2, 0) is 4.74 Å². The lowest BCUT2D eigenvalue weighted by Gasteiger charge is -2.40. The van der Waals surface area contributed by atoms with Crippen LogP contribution < -0.4 is 5.32 Å². The van der Waals surface area contributed by atoms with Crippen LogP contribution >= 0.6 is 0 Å². The van der Waals surface area contributed by atoms with Crippen molar-refractivity contribution in [2.24, 2.45) is 11.3 Å². The van der Waals surface area contributed by atoms with E-state index in [4.69, 9.17) is 10.00 Å². The van der Waals surface area contributed by atoms with Crippen LogP contribution in [0.2, 0.25) is 0 Å². The van der Waals surface area contributed by atoms with Gasteiger partial charge in [-0.25, -0.2) is 0 Å². The van der Waals surface area contributed by atoms with Crippen molar-refractivity contribution in [1.82, 2.24) is 5.32 Å². The van der Waals surface area contributed by atoms with E-state index in [9.17, 15) is 0 Å². The lowest BCUT2D eigenvalue weighted by atomic mass is 9.84. The first kappa shape index (κ1) is 10.9. The molecule has 1 aliphatic carbocycles. The molecule has 0 aromatic rings. The molecule has 2 rings (SSSR count). The lowest BCUT2D eigenvalue weighted by Crippen LogP contribution is -2.50. The van der Waals surface area contributed by atoms with Gasteiger partial charge in [-0.2, -0.15) is 5.26 Å². The standard InChI is InChI=1S/C12H20N2O/c1-12(8-15-9-12)7-14-11-4-2-3-10(5-11)6-13/h10-11,14H,2-5,7-9H2,1H3. The molecule has 0 amide bonds. The molecule has 0 aromatic heterocycles. The Morgan fingerprint density at radius 1 is 1.47 bits per heavy atom. The molecule has 0 spiro atoms. The first-order valence-electron chi connectivity index (χ1n) is 5.93. The Morgan fingerprint density at radius 3 is 2.87 bits per heavy atom. The fourth-order valence-electron chi connectivity index (χ4n) is 2.44. The number of nitrogens with one attached hydrogen (secondary N) is 1. The third-order valence-corrected chi connectivity index (χ3v) is 3.58. The van der Waals surface area contributed by atoms with E-state index in [0.717, 1.165) is 32.6 Å². The number of nitriles is 1. The fraction of sp³-hybridized carbons (Fsp3) is 0.917. The van der Waals surface area contributed by atoms with Crippen LogP contribution in [0.4, 0.5) is 0 Å². The number of hydrogen-bond acceptors (Lipinski definition) is 3. The van der Waals surface area contributed by atoms with E-state index in [2.05, 4.69) is 18.3 Å². The molecule has 1 saturated heterocycles. The third kappa shape index (κ3) is 2.70. The van der Waals surface area contributed by atoms with Gasteiger partial charge in [-0.05, 0) is 19.3 Å². The minimum absolute atomic E-state index is 0.279. The highest BCUT2D eigenvalue weighted by molar-refractivity contribution is 4.92. The minimum atomic E-state index is 0.279. The van der Waals surface area contributed by atoms with Crippen molar-refractivity contribution < 1.29 is 4.74 Å². The summed E-state index contributed by atoms with van der Waals surface area (Å²) in [6.07, 6.45) is 4.56. The Morgan fingerprint density at radius 2 is 2.27 bits per heavy atom. The van der Waals surface area contributed by atoms with Gasteiger partial charge in [-0.3, -0.25) is 0 Å². The highest BCUT2D eigenvalue weighted by Crippen LogP contribution is 2.28. The maximum Gasteiger partial charge on any atom is 0.0656 e. The van der Waals surface area contributed by atoms with Gasteiger partial charge in [0.05, 0.1) is 19.3 Å². The summed E-state index contributed by atoms with van der Waals surface area (Å²) >= 11 is 0. The van der Waals surface area contributed by atoms with Crippen molar-refractivity contribution in [3.8, 4) is 6.07 Å². The molecule has 2 aliphatic rings. The summed E-state index contributed by atoms with van der Waals surface area (Å²) < 4.78 is 5.23. The second-order valence-electron chi connectivity index (χ2n) is 5.37. The summed E-state index contributed by atoms with van der Waals surface area (Å²) in [5, 5.41) is 12.5. The van der Waals surface area contributed by atoms with Crippen molar-refractivity contribution in [3.05, 3.63) is 0 Å². The second kappa shape index (κ2) is 4.51. The van der Waals surface area contributed by atoms with Gasteiger partial charge >= 0.3 is 0 Å². The molecule has 1 N–H and O–H groups in total. The van der Waals surface area contributed by atoms with E-state index in [1.165, 1.54) is 12.8 Å². The molecule has 2 unspecified atom stereocenters. The maximum absolute atomic E-state index is 8.90. The van der Waals surface area contributed by atoms with E-state index in [-0.39, 0.29) is 5.92 Å². The normalized spacial score (nSPS) is 34.1. The number of rotatable bonds is 3. The SMILES string of the molecule is CC1(CNC2CCCC(C#N)C2)COC1. The predicted octanol–water partition coefficient (Wildman–Crippen LogP) is 1.69. The molecule has 2 fully saturated rings. The van der Waals surface area contributed by atoms with Gasteiger partial charge in [0.25, 0.3) is 0 Å². The molecule has 0 radical (unpaired) electrons. The van der Waals surface area contributed by atoms with Crippen molar-refractivity contribution in [1.29, 1.82) is 5.26 Å². The van der Waals surface area contributed by atoms with Crippen LogP contribution in [0.5, 0.6) is 0 Å². The van der Waals surface area contributed by atoms with Crippen LogP contribution in [-0.4, -0.2) is 25.8 Å². The summed E-state index contributed by atoms with van der Waals surface area (Å²) in [4.78, 5) is 0. The molecule has 0 bridgehead atoms. The second-order valence-corrected chi connectivity index (χ2v) is 5.37. The lowest BCUT2D eigenvalue weighted by molar-refractivity contribution is -0.100. The molecule has 1 heterocycles. The zero-order valence-corrected chi connectivity index (χ0v) is 9.46. The van der Waals surface area contributed by atoms with Crippen LogP contribution in [0.25, 0.3) is 0 Å². The van der Waals surface area contributed by atoms with E-state index >= 15 is 0 Å². The van der Waals surface area contributed by atoms with Gasteiger partial charge in [0.2, 0.25) is 0 Å². The van der Waals surface area contributed by atoms with E-state index in [1.54, 1.807) is 0 Å². The van der Waals surface area contributed by atoms with E-state index in [1.807, 2.05) is 0 Å². The highest BCUT2D eigenvalue weighted by Gasteiger charge is 2.34. The average Bonchev–Trinajstić information content (AvgIpc) is 2.24. The molecule has 2 atom stereocenters. The number of hydrogen-bond donors (Lipinski definition) is 1. The van der Waals surface area contributed by atoms with Crippen molar-refractivity contribution in [3.63, 3.8) is 0 Å². The molecule has 15 heavy (non-hydrogen) atoms. The first-order chi connectivity index (χ1) is 7.22. The first-order valence-corrected chi connectivity index (χ1v) is 5.93. The summed E-state index contributed by atoms with van der Waals surface area (Å²) in [5.74, 6) is 0.279. The molecule has 1 saturated carbocycles. The molecule has 0 aromatic carbocycles. The van der Waals surface area contributed by atoms with Crippen molar-refractivity contribution in [2.45, 2.75) is 38.6 Å². The van der Waals surface area contributed by atoms with Crippen LogP contribution in [0.15, 0.2) is 0 Å². The van der Waals surface area contributed by atoms with Crippen LogP contribution in [0.3, 0.4) is 0 Å². The van der Waals surface area contributed by atoms with Gasteiger partial charge in [0.1, 0.15) is 0 Å². The summed E-state index contributed by atoms with van der Waals surface area (Å²) in [5.41, 5.74) is 0.347. The largest absolute Gasteiger partial charge is 0.380 e. The highest BCUT2D eigenvalue weighted by atomic mass is 16.5. The zero-order valence-electron chi connectivity index (χ0n) is 9.46. The van der Waals surface area contributed by atoms with Crippen molar-refractivity contribution >= 4 is 0 Å². The summed E-state index contributed by atoms with van der Waals surface area (Å²) in [7, 11) is 0. The molecule has 84 valence electrons. The number of ether oxygens (including phenoxy) is 1. The van der Waals surface area contributed by atoms with Gasteiger partial charge in [0, 0.05) is 23.9 Å². The van der Waals surface area contributed by atoms with Gasteiger partial charge in [-0.1, -0.05) is 13.3 Å². The Balaban J connectivity index is 1.72. The molecule has 3 heteroatoms. The summed E-state index contributed by atoms with van der Waals surface area (Å²) in [6, 6.07) is 2.95. The topological polar surface area (TPSA) is 45.0 Å². The molecule has 3 nitrogen and oxygen atoms in total. The van der Waals surface area contributed by atoms with Gasteiger partial charge < -0.3 is 10.1 Å². The Labute approximate surface area is 91.8 Å². The zero-order chi connectivity index (χ0) is 10.7. The monoisotopic (exact) mass is 208 g/mol. The Kier molecular flexibility index (Phi) is 3.28. The number of nitrogens with zero attached hydrogens (tertiary/aromatic N) is 1. The summed E-state index contributed by atoms with van der Waals surface area (Å²) in [6.45, 7) is 5.06. The Hall–Kier alpha value is -0.590. The van der Waals surface area contributed by atoms with E-state index < -0.39 is 0 Å². The van der Waals surface area contributed by atoms with E-state index in [0.29, 0.717) is 11.5 Å². The fourth-order valence-corrected chi connectivity index (χ4v) is 2.44. The molecule has 1 aliphatic heterocycles. The molecular weight excluding hydrogens is 188 g/mol. The van der Waals surface area contributed by atoms with Crippen LogP contribution in [0.1, 0.15) is 32.6 Å². The average molecular weight is 208 g/mol. The van der Waals surface area contributed by atoms with Crippen molar-refractivity contribution in [2.75, 3.05) is 19.8 Å². The maximum atomic E-state index is 8.90.